The number of carbonyl (C=O) groups excluding carboxylic acids is 1. The molecule has 3 aromatic carbocycles. The monoisotopic (exact) mass is 320 g/mol. The van der Waals surface area contributed by atoms with E-state index in [1.54, 1.807) is 18.2 Å². The van der Waals surface area contributed by atoms with Crippen molar-refractivity contribution in [2.45, 2.75) is 26.2 Å². The largest absolute Gasteiger partial charge is 0.504 e. The molecule has 3 aromatic rings. The van der Waals surface area contributed by atoms with Crippen LogP contribution in [-0.2, 0) is 0 Å². The minimum atomic E-state index is -0.469. The van der Waals surface area contributed by atoms with Crippen molar-refractivity contribution in [3.8, 4) is 11.5 Å². The molecule has 0 heterocycles. The Hall–Kier alpha value is -2.81. The lowest BCUT2D eigenvalue weighted by atomic mass is 9.98. The van der Waals surface area contributed by atoms with Crippen LogP contribution >= 0.6 is 0 Å². The molecule has 0 spiro atoms. The molecule has 1 atom stereocenters. The summed E-state index contributed by atoms with van der Waals surface area (Å²) in [5.74, 6) is 0.0328. The molecule has 0 aliphatic heterocycles. The third-order valence-electron chi connectivity index (χ3n) is 4.38. The van der Waals surface area contributed by atoms with Gasteiger partial charge < -0.3 is 9.84 Å². The quantitative estimate of drug-likeness (QED) is 0.525. The molecule has 24 heavy (non-hydrogen) atoms. The topological polar surface area (TPSA) is 46.5 Å². The van der Waals surface area contributed by atoms with Gasteiger partial charge in [0.2, 0.25) is 0 Å². The van der Waals surface area contributed by atoms with E-state index < -0.39 is 5.97 Å². The molecular formula is C21H20O3. The first-order valence-electron chi connectivity index (χ1n) is 8.13. The van der Waals surface area contributed by atoms with Gasteiger partial charge in [-0.2, -0.15) is 0 Å². The highest BCUT2D eigenvalue weighted by Gasteiger charge is 2.15. The van der Waals surface area contributed by atoms with E-state index in [2.05, 4.69) is 13.8 Å². The number of aromatic hydroxyl groups is 1. The summed E-state index contributed by atoms with van der Waals surface area (Å²) in [6.45, 7) is 4.20. The molecule has 3 rings (SSSR count). The van der Waals surface area contributed by atoms with E-state index in [0.717, 1.165) is 22.8 Å². The molecule has 3 heteroatoms. The number of ether oxygens (including phenoxy) is 1. The van der Waals surface area contributed by atoms with E-state index in [4.69, 9.17) is 4.74 Å². The van der Waals surface area contributed by atoms with Gasteiger partial charge in [-0.1, -0.05) is 56.3 Å². The van der Waals surface area contributed by atoms with Crippen molar-refractivity contribution in [1.29, 1.82) is 0 Å². The average Bonchev–Trinajstić information content (AvgIpc) is 2.62. The lowest BCUT2D eigenvalue weighted by Crippen LogP contribution is -2.09. The minimum Gasteiger partial charge on any atom is -0.504 e. The van der Waals surface area contributed by atoms with Crippen LogP contribution in [-0.4, -0.2) is 11.1 Å². The molecule has 0 saturated carbocycles. The van der Waals surface area contributed by atoms with Crippen LogP contribution in [0.15, 0.2) is 60.7 Å². The summed E-state index contributed by atoms with van der Waals surface area (Å²) in [6.07, 6.45) is 0.974. The van der Waals surface area contributed by atoms with Crippen molar-refractivity contribution in [3.05, 3.63) is 71.8 Å². The van der Waals surface area contributed by atoms with E-state index in [1.807, 2.05) is 42.5 Å². The molecule has 1 unspecified atom stereocenters. The standard InChI is InChI=1S/C21H20O3/c1-3-14(2)16-11-12-19(22)20(13-16)24-21(23)18-10-6-8-15-7-4-5-9-17(15)18/h4-14,22H,3H2,1-2H3. The second kappa shape index (κ2) is 6.75. The highest BCUT2D eigenvalue weighted by Crippen LogP contribution is 2.32. The van der Waals surface area contributed by atoms with Crippen LogP contribution in [0.5, 0.6) is 11.5 Å². The molecular weight excluding hydrogens is 300 g/mol. The van der Waals surface area contributed by atoms with Crippen molar-refractivity contribution in [3.63, 3.8) is 0 Å². The number of hydrogen-bond acceptors (Lipinski definition) is 3. The fourth-order valence-electron chi connectivity index (χ4n) is 2.71. The van der Waals surface area contributed by atoms with Gasteiger partial charge >= 0.3 is 5.97 Å². The summed E-state index contributed by atoms with van der Waals surface area (Å²) in [4.78, 5) is 12.6. The molecule has 0 radical (unpaired) electrons. The third kappa shape index (κ3) is 3.11. The molecule has 0 saturated heterocycles. The van der Waals surface area contributed by atoms with Crippen LogP contribution < -0.4 is 4.74 Å². The van der Waals surface area contributed by atoms with Gasteiger partial charge in [0, 0.05) is 0 Å². The Balaban J connectivity index is 1.94. The van der Waals surface area contributed by atoms with Crippen molar-refractivity contribution in [2.75, 3.05) is 0 Å². The fraction of sp³-hybridized carbons (Fsp3) is 0.190. The predicted molar refractivity (Wildman–Crippen MR) is 95.7 cm³/mol. The van der Waals surface area contributed by atoms with Crippen LogP contribution in [0.4, 0.5) is 0 Å². The number of rotatable bonds is 4. The SMILES string of the molecule is CCC(C)c1ccc(O)c(OC(=O)c2cccc3ccccc23)c1. The van der Waals surface area contributed by atoms with Crippen LogP contribution in [0.2, 0.25) is 0 Å². The Morgan fingerprint density at radius 1 is 1.08 bits per heavy atom. The first-order chi connectivity index (χ1) is 11.6. The number of carbonyl (C=O) groups is 1. The van der Waals surface area contributed by atoms with Gasteiger partial charge in [-0.25, -0.2) is 4.79 Å². The van der Waals surface area contributed by atoms with Crippen molar-refractivity contribution in [1.82, 2.24) is 0 Å². The van der Waals surface area contributed by atoms with Gasteiger partial charge in [-0.15, -0.1) is 0 Å². The number of esters is 1. The van der Waals surface area contributed by atoms with Crippen molar-refractivity contribution in [2.24, 2.45) is 0 Å². The molecule has 122 valence electrons. The van der Waals surface area contributed by atoms with E-state index in [9.17, 15) is 9.90 Å². The summed E-state index contributed by atoms with van der Waals surface area (Å²) in [7, 11) is 0. The highest BCUT2D eigenvalue weighted by molar-refractivity contribution is 6.05. The van der Waals surface area contributed by atoms with Gasteiger partial charge in [0.25, 0.3) is 0 Å². The molecule has 0 amide bonds. The summed E-state index contributed by atoms with van der Waals surface area (Å²) in [5.41, 5.74) is 1.53. The Labute approximate surface area is 141 Å². The molecule has 0 fully saturated rings. The second-order valence-corrected chi connectivity index (χ2v) is 5.95. The smallest absolute Gasteiger partial charge is 0.344 e. The van der Waals surface area contributed by atoms with E-state index >= 15 is 0 Å². The van der Waals surface area contributed by atoms with Gasteiger partial charge in [0.15, 0.2) is 11.5 Å². The molecule has 0 aliphatic carbocycles. The summed E-state index contributed by atoms with van der Waals surface area (Å²) < 4.78 is 5.49. The van der Waals surface area contributed by atoms with Crippen molar-refractivity contribution < 1.29 is 14.6 Å². The molecule has 0 aliphatic rings. The maximum atomic E-state index is 12.6. The number of hydrogen-bond donors (Lipinski definition) is 1. The lowest BCUT2D eigenvalue weighted by Gasteiger charge is -2.13. The molecule has 0 bridgehead atoms. The van der Waals surface area contributed by atoms with E-state index in [-0.39, 0.29) is 11.5 Å². The van der Waals surface area contributed by atoms with Gasteiger partial charge in [0.1, 0.15) is 0 Å². The number of fused-ring (bicyclic) bond motifs is 1. The van der Waals surface area contributed by atoms with E-state index in [1.165, 1.54) is 0 Å². The maximum absolute atomic E-state index is 12.6. The van der Waals surface area contributed by atoms with Crippen LogP contribution in [0.1, 0.15) is 42.1 Å². The first-order valence-corrected chi connectivity index (χ1v) is 8.13. The predicted octanol–water partition coefficient (Wildman–Crippen LogP) is 5.28. The van der Waals surface area contributed by atoms with Crippen molar-refractivity contribution >= 4 is 16.7 Å². The minimum absolute atomic E-state index is 0.0318. The molecule has 0 aromatic heterocycles. The van der Waals surface area contributed by atoms with Gasteiger partial charge in [0.05, 0.1) is 5.56 Å². The second-order valence-electron chi connectivity index (χ2n) is 5.95. The number of phenolic OH excluding ortho intramolecular Hbond substituents is 1. The van der Waals surface area contributed by atoms with E-state index in [0.29, 0.717) is 11.5 Å². The maximum Gasteiger partial charge on any atom is 0.344 e. The third-order valence-corrected chi connectivity index (χ3v) is 4.38. The number of benzene rings is 3. The molecule has 3 nitrogen and oxygen atoms in total. The van der Waals surface area contributed by atoms with Crippen LogP contribution in [0.3, 0.4) is 0 Å². The zero-order chi connectivity index (χ0) is 17.1. The zero-order valence-electron chi connectivity index (χ0n) is 13.8. The highest BCUT2D eigenvalue weighted by atomic mass is 16.5. The lowest BCUT2D eigenvalue weighted by molar-refractivity contribution is 0.0731. The normalized spacial score (nSPS) is 12.1. The summed E-state index contributed by atoms with van der Waals surface area (Å²) in [5, 5.41) is 11.8. The Morgan fingerprint density at radius 3 is 2.62 bits per heavy atom. The number of phenols is 1. The Morgan fingerprint density at radius 2 is 1.83 bits per heavy atom. The Kier molecular flexibility index (Phi) is 4.52. The Bertz CT molecular complexity index is 878. The van der Waals surface area contributed by atoms with Gasteiger partial charge in [-0.3, -0.25) is 0 Å². The molecule has 1 N–H and O–H groups in total. The van der Waals surface area contributed by atoms with Crippen LogP contribution in [0.25, 0.3) is 10.8 Å². The first kappa shape index (κ1) is 16.1. The average molecular weight is 320 g/mol. The summed E-state index contributed by atoms with van der Waals surface area (Å²) >= 11 is 0. The van der Waals surface area contributed by atoms with Crippen LogP contribution in [0, 0.1) is 0 Å². The summed E-state index contributed by atoms with van der Waals surface area (Å²) in [6, 6.07) is 18.4. The van der Waals surface area contributed by atoms with Gasteiger partial charge in [-0.05, 0) is 46.9 Å². The fourth-order valence-corrected chi connectivity index (χ4v) is 2.71. The zero-order valence-corrected chi connectivity index (χ0v) is 13.8.